The lowest BCUT2D eigenvalue weighted by Crippen LogP contribution is -2.16. The van der Waals surface area contributed by atoms with Crippen molar-refractivity contribution in [2.75, 3.05) is 26.4 Å². The molecule has 0 spiro atoms. The quantitative estimate of drug-likeness (QED) is 0.777. The average Bonchev–Trinajstić information content (AvgIpc) is 2.56. The molecule has 0 bridgehead atoms. The first kappa shape index (κ1) is 15.9. The SMILES string of the molecule is O=C(OCCO)c1cc2ccccc2cc1C(=O)OCCO. The van der Waals surface area contributed by atoms with Crippen LogP contribution >= 0.6 is 0 Å². The number of aliphatic hydroxyl groups is 2. The van der Waals surface area contributed by atoms with Crippen molar-refractivity contribution < 1.29 is 29.3 Å². The summed E-state index contributed by atoms with van der Waals surface area (Å²) in [5.74, 6) is -1.42. The molecule has 6 nitrogen and oxygen atoms in total. The van der Waals surface area contributed by atoms with Crippen LogP contribution in [0.15, 0.2) is 36.4 Å². The fourth-order valence-corrected chi connectivity index (χ4v) is 2.01. The number of carbonyl (C=O) groups is 2. The molecule has 0 aliphatic rings. The summed E-state index contributed by atoms with van der Waals surface area (Å²) in [4.78, 5) is 24.1. The Morgan fingerprint density at radius 1 is 0.818 bits per heavy atom. The maximum atomic E-state index is 12.1. The summed E-state index contributed by atoms with van der Waals surface area (Å²) in [6.07, 6.45) is 0. The molecule has 2 aromatic rings. The minimum Gasteiger partial charge on any atom is -0.460 e. The van der Waals surface area contributed by atoms with Gasteiger partial charge in [-0.15, -0.1) is 0 Å². The van der Waals surface area contributed by atoms with Crippen LogP contribution in [0.3, 0.4) is 0 Å². The van der Waals surface area contributed by atoms with Gasteiger partial charge in [-0.3, -0.25) is 0 Å². The number of benzene rings is 2. The molecule has 0 unspecified atom stereocenters. The van der Waals surface area contributed by atoms with Crippen LogP contribution in [-0.2, 0) is 9.47 Å². The summed E-state index contributed by atoms with van der Waals surface area (Å²) < 4.78 is 9.75. The maximum Gasteiger partial charge on any atom is 0.339 e. The van der Waals surface area contributed by atoms with E-state index in [2.05, 4.69) is 0 Å². The molecule has 2 aromatic carbocycles. The zero-order valence-electron chi connectivity index (χ0n) is 11.8. The number of hydrogen-bond acceptors (Lipinski definition) is 6. The third-order valence-corrected chi connectivity index (χ3v) is 2.97. The molecule has 0 heterocycles. The van der Waals surface area contributed by atoms with E-state index in [0.29, 0.717) is 0 Å². The molecule has 0 amide bonds. The van der Waals surface area contributed by atoms with E-state index in [4.69, 9.17) is 19.7 Å². The van der Waals surface area contributed by atoms with E-state index in [0.717, 1.165) is 10.8 Å². The summed E-state index contributed by atoms with van der Waals surface area (Å²) >= 11 is 0. The van der Waals surface area contributed by atoms with Crippen molar-refractivity contribution in [3.63, 3.8) is 0 Å². The highest BCUT2D eigenvalue weighted by Crippen LogP contribution is 2.22. The molecular formula is C16H16O6. The van der Waals surface area contributed by atoms with Crippen molar-refractivity contribution in [3.8, 4) is 0 Å². The number of fused-ring (bicyclic) bond motifs is 1. The van der Waals surface area contributed by atoms with Crippen molar-refractivity contribution in [1.82, 2.24) is 0 Å². The number of ether oxygens (including phenoxy) is 2. The van der Waals surface area contributed by atoms with Crippen molar-refractivity contribution in [2.24, 2.45) is 0 Å². The maximum absolute atomic E-state index is 12.1. The Balaban J connectivity index is 2.45. The molecular weight excluding hydrogens is 288 g/mol. The molecule has 0 fully saturated rings. The summed E-state index contributed by atoms with van der Waals surface area (Å²) in [7, 11) is 0. The van der Waals surface area contributed by atoms with Gasteiger partial charge >= 0.3 is 11.9 Å². The van der Waals surface area contributed by atoms with E-state index < -0.39 is 11.9 Å². The Bertz CT molecular complexity index is 621. The summed E-state index contributed by atoms with van der Waals surface area (Å²) in [6.45, 7) is -0.916. The van der Waals surface area contributed by atoms with Gasteiger partial charge in [-0.25, -0.2) is 9.59 Å². The van der Waals surface area contributed by atoms with Gasteiger partial charge in [0.15, 0.2) is 0 Å². The van der Waals surface area contributed by atoms with Crippen LogP contribution in [0.1, 0.15) is 20.7 Å². The van der Waals surface area contributed by atoms with Gasteiger partial charge in [0.1, 0.15) is 13.2 Å². The predicted molar refractivity (Wildman–Crippen MR) is 78.7 cm³/mol. The monoisotopic (exact) mass is 304 g/mol. The Morgan fingerprint density at radius 3 is 1.59 bits per heavy atom. The highest BCUT2D eigenvalue weighted by molar-refractivity contribution is 6.07. The van der Waals surface area contributed by atoms with E-state index in [1.54, 1.807) is 24.3 Å². The van der Waals surface area contributed by atoms with Gasteiger partial charge in [-0.1, -0.05) is 24.3 Å². The molecule has 0 atom stereocenters. The smallest absolute Gasteiger partial charge is 0.339 e. The molecule has 116 valence electrons. The van der Waals surface area contributed by atoms with Crippen LogP contribution in [0.25, 0.3) is 10.8 Å². The average molecular weight is 304 g/mol. The van der Waals surface area contributed by atoms with E-state index in [-0.39, 0.29) is 37.6 Å². The number of aliphatic hydroxyl groups excluding tert-OH is 2. The Labute approximate surface area is 126 Å². The van der Waals surface area contributed by atoms with E-state index >= 15 is 0 Å². The topological polar surface area (TPSA) is 93.1 Å². The van der Waals surface area contributed by atoms with Gasteiger partial charge in [0.25, 0.3) is 0 Å². The molecule has 0 aliphatic heterocycles. The minimum absolute atomic E-state index is 0.0649. The molecule has 22 heavy (non-hydrogen) atoms. The van der Waals surface area contributed by atoms with Gasteiger partial charge in [-0.2, -0.15) is 0 Å². The van der Waals surface area contributed by atoms with Gasteiger partial charge in [-0.05, 0) is 22.9 Å². The first-order chi connectivity index (χ1) is 10.7. The third-order valence-electron chi connectivity index (χ3n) is 2.97. The van der Waals surface area contributed by atoms with Crippen LogP contribution in [0.4, 0.5) is 0 Å². The Hall–Kier alpha value is -2.44. The van der Waals surface area contributed by atoms with Crippen LogP contribution < -0.4 is 0 Å². The van der Waals surface area contributed by atoms with Crippen molar-refractivity contribution in [2.45, 2.75) is 0 Å². The molecule has 0 saturated carbocycles. The molecule has 2 rings (SSSR count). The normalized spacial score (nSPS) is 10.5. The number of esters is 2. The molecule has 2 N–H and O–H groups in total. The lowest BCUT2D eigenvalue weighted by Gasteiger charge is -2.10. The largest absolute Gasteiger partial charge is 0.460 e. The van der Waals surface area contributed by atoms with Gasteiger partial charge in [0.2, 0.25) is 0 Å². The minimum atomic E-state index is -0.712. The highest BCUT2D eigenvalue weighted by Gasteiger charge is 2.20. The molecule has 6 heteroatoms. The fourth-order valence-electron chi connectivity index (χ4n) is 2.01. The first-order valence-corrected chi connectivity index (χ1v) is 6.76. The standard InChI is InChI=1S/C16H16O6/c17-5-7-21-15(19)13-9-11-3-1-2-4-12(11)10-14(13)16(20)22-8-6-18/h1-4,9-10,17-18H,5-8H2. The van der Waals surface area contributed by atoms with Gasteiger partial charge in [0, 0.05) is 0 Å². The summed E-state index contributed by atoms with van der Waals surface area (Å²) in [5, 5.41) is 19.0. The second kappa shape index (κ2) is 7.53. The summed E-state index contributed by atoms with van der Waals surface area (Å²) in [5.41, 5.74) is 0.130. The summed E-state index contributed by atoms with van der Waals surface area (Å²) in [6, 6.07) is 10.3. The second-order valence-corrected chi connectivity index (χ2v) is 4.46. The Kier molecular flexibility index (Phi) is 5.46. The highest BCUT2D eigenvalue weighted by atomic mass is 16.5. The second-order valence-electron chi connectivity index (χ2n) is 4.46. The van der Waals surface area contributed by atoms with Crippen molar-refractivity contribution >= 4 is 22.7 Å². The van der Waals surface area contributed by atoms with E-state index in [1.165, 1.54) is 0 Å². The van der Waals surface area contributed by atoms with Crippen LogP contribution in [0.2, 0.25) is 0 Å². The Morgan fingerprint density at radius 2 is 1.23 bits per heavy atom. The fraction of sp³-hybridized carbons (Fsp3) is 0.250. The van der Waals surface area contributed by atoms with Crippen LogP contribution in [0.5, 0.6) is 0 Å². The first-order valence-electron chi connectivity index (χ1n) is 6.76. The van der Waals surface area contributed by atoms with Crippen LogP contribution in [-0.4, -0.2) is 48.6 Å². The lowest BCUT2D eigenvalue weighted by atomic mass is 10.0. The van der Waals surface area contributed by atoms with Gasteiger partial charge < -0.3 is 19.7 Å². The van der Waals surface area contributed by atoms with Crippen molar-refractivity contribution in [1.29, 1.82) is 0 Å². The third kappa shape index (κ3) is 3.60. The number of rotatable bonds is 6. The number of carbonyl (C=O) groups excluding carboxylic acids is 2. The van der Waals surface area contributed by atoms with Gasteiger partial charge in [0.05, 0.1) is 24.3 Å². The van der Waals surface area contributed by atoms with E-state index in [1.807, 2.05) is 12.1 Å². The predicted octanol–water partition coefficient (Wildman–Crippen LogP) is 1.14. The zero-order valence-corrected chi connectivity index (χ0v) is 11.8. The van der Waals surface area contributed by atoms with E-state index in [9.17, 15) is 9.59 Å². The lowest BCUT2D eigenvalue weighted by molar-refractivity contribution is 0.0390. The van der Waals surface area contributed by atoms with Crippen LogP contribution in [0, 0.1) is 0 Å². The number of hydrogen-bond donors (Lipinski definition) is 2. The molecule has 0 aliphatic carbocycles. The zero-order chi connectivity index (χ0) is 15.9. The molecule has 0 saturated heterocycles. The van der Waals surface area contributed by atoms with Crippen molar-refractivity contribution in [3.05, 3.63) is 47.5 Å². The molecule has 0 radical (unpaired) electrons. The molecule has 0 aromatic heterocycles.